The normalized spacial score (nSPS) is 14.8. The summed E-state index contributed by atoms with van der Waals surface area (Å²) in [4.78, 5) is 38.5. The molecule has 8 heteroatoms. The first kappa shape index (κ1) is 19.4. The van der Waals surface area contributed by atoms with Crippen LogP contribution in [-0.4, -0.2) is 42.4 Å². The Morgan fingerprint density at radius 1 is 1.11 bits per heavy atom. The third kappa shape index (κ3) is 4.87. The summed E-state index contributed by atoms with van der Waals surface area (Å²) in [7, 11) is 0. The van der Waals surface area contributed by atoms with E-state index in [1.165, 1.54) is 11.3 Å². The Kier molecular flexibility index (Phi) is 6.13. The molecular weight excluding hydrogens is 388 g/mol. The van der Waals surface area contributed by atoms with Crippen LogP contribution in [0.3, 0.4) is 0 Å². The van der Waals surface area contributed by atoms with Crippen LogP contribution in [0.5, 0.6) is 0 Å². The van der Waals surface area contributed by atoms with Gasteiger partial charge in [0.2, 0.25) is 5.91 Å². The molecule has 142 valence electrons. The Balaban J connectivity index is 1.52. The summed E-state index contributed by atoms with van der Waals surface area (Å²) in [5.74, 6) is -1.31. The Labute approximate surface area is 165 Å². The van der Waals surface area contributed by atoms with Gasteiger partial charge in [0, 0.05) is 28.9 Å². The molecule has 1 aliphatic heterocycles. The highest BCUT2D eigenvalue weighted by Gasteiger charge is 2.26. The van der Waals surface area contributed by atoms with Crippen LogP contribution >= 0.6 is 22.9 Å². The van der Waals surface area contributed by atoms with Gasteiger partial charge in [0.1, 0.15) is 4.88 Å². The first-order valence-electron chi connectivity index (χ1n) is 8.54. The maximum absolute atomic E-state index is 12.2. The highest BCUT2D eigenvalue weighted by atomic mass is 35.5. The van der Waals surface area contributed by atoms with Crippen molar-refractivity contribution in [2.75, 3.05) is 19.7 Å². The van der Waals surface area contributed by atoms with Crippen LogP contribution < -0.4 is 5.73 Å². The molecule has 2 amide bonds. The smallest absolute Gasteiger partial charge is 0.348 e. The summed E-state index contributed by atoms with van der Waals surface area (Å²) < 4.78 is 5.15. The van der Waals surface area contributed by atoms with Gasteiger partial charge in [-0.15, -0.1) is 11.3 Å². The third-order valence-corrected chi connectivity index (χ3v) is 5.88. The highest BCUT2D eigenvalue weighted by Crippen LogP contribution is 2.29. The number of piperidine rings is 1. The van der Waals surface area contributed by atoms with E-state index in [1.54, 1.807) is 23.1 Å². The van der Waals surface area contributed by atoms with Crippen molar-refractivity contribution in [3.8, 4) is 10.4 Å². The Hall–Kier alpha value is -2.38. The zero-order valence-corrected chi connectivity index (χ0v) is 16.1. The fourth-order valence-corrected chi connectivity index (χ4v) is 3.95. The maximum atomic E-state index is 12.2. The van der Waals surface area contributed by atoms with Gasteiger partial charge in [-0.2, -0.15) is 0 Å². The van der Waals surface area contributed by atoms with Crippen LogP contribution in [0.25, 0.3) is 10.4 Å². The van der Waals surface area contributed by atoms with Crippen molar-refractivity contribution >= 4 is 40.7 Å². The number of carbonyl (C=O) groups excluding carboxylic acids is 3. The van der Waals surface area contributed by atoms with Gasteiger partial charge in [-0.3, -0.25) is 9.59 Å². The number of benzene rings is 1. The van der Waals surface area contributed by atoms with Crippen molar-refractivity contribution in [2.45, 2.75) is 12.8 Å². The zero-order chi connectivity index (χ0) is 19.4. The van der Waals surface area contributed by atoms with E-state index in [-0.39, 0.29) is 24.3 Å². The second-order valence-electron chi connectivity index (χ2n) is 6.30. The van der Waals surface area contributed by atoms with Crippen molar-refractivity contribution in [1.29, 1.82) is 0 Å². The first-order chi connectivity index (χ1) is 12.9. The van der Waals surface area contributed by atoms with Crippen LogP contribution in [0.2, 0.25) is 5.02 Å². The van der Waals surface area contributed by atoms with Gasteiger partial charge in [-0.1, -0.05) is 23.7 Å². The summed E-state index contributed by atoms with van der Waals surface area (Å²) in [6, 6.07) is 10.8. The van der Waals surface area contributed by atoms with E-state index in [4.69, 9.17) is 22.1 Å². The molecule has 0 aliphatic carbocycles. The minimum Gasteiger partial charge on any atom is -0.451 e. The molecule has 6 nitrogen and oxygen atoms in total. The maximum Gasteiger partial charge on any atom is 0.348 e. The largest absolute Gasteiger partial charge is 0.451 e. The number of likely N-dealkylation sites (tertiary alicyclic amines) is 1. The minimum absolute atomic E-state index is 0.186. The molecule has 27 heavy (non-hydrogen) atoms. The number of ether oxygens (including phenoxy) is 1. The van der Waals surface area contributed by atoms with Crippen LogP contribution in [0, 0.1) is 5.92 Å². The number of nitrogens with zero attached hydrogens (tertiary/aromatic N) is 1. The van der Waals surface area contributed by atoms with Crippen molar-refractivity contribution in [3.05, 3.63) is 46.3 Å². The molecule has 0 atom stereocenters. The zero-order valence-electron chi connectivity index (χ0n) is 14.5. The van der Waals surface area contributed by atoms with Crippen molar-refractivity contribution in [1.82, 2.24) is 4.90 Å². The molecule has 2 aromatic rings. The summed E-state index contributed by atoms with van der Waals surface area (Å²) in [6.45, 7) is 0.585. The number of hydrogen-bond acceptors (Lipinski definition) is 5. The molecule has 0 radical (unpaired) electrons. The molecule has 1 saturated heterocycles. The molecule has 0 unspecified atom stereocenters. The SMILES string of the molecule is NC(=O)C1CCN(C(=O)COC(=O)c2ccc(-c3ccc(Cl)cc3)s2)CC1. The van der Waals surface area contributed by atoms with E-state index in [9.17, 15) is 14.4 Å². The van der Waals surface area contributed by atoms with Crippen LogP contribution in [0.15, 0.2) is 36.4 Å². The number of hydrogen-bond donors (Lipinski definition) is 1. The fourth-order valence-electron chi connectivity index (χ4n) is 2.92. The van der Waals surface area contributed by atoms with E-state index < -0.39 is 5.97 Å². The topological polar surface area (TPSA) is 89.7 Å². The molecule has 0 spiro atoms. The Morgan fingerprint density at radius 3 is 2.41 bits per heavy atom. The van der Waals surface area contributed by atoms with Gasteiger partial charge in [-0.05, 0) is 42.7 Å². The number of halogens is 1. The van der Waals surface area contributed by atoms with Gasteiger partial charge in [0.25, 0.3) is 5.91 Å². The number of nitrogens with two attached hydrogens (primary N) is 1. The lowest BCUT2D eigenvalue weighted by atomic mass is 9.96. The molecule has 2 N–H and O–H groups in total. The van der Waals surface area contributed by atoms with Crippen molar-refractivity contribution in [2.24, 2.45) is 11.7 Å². The van der Waals surface area contributed by atoms with E-state index in [2.05, 4.69) is 0 Å². The van der Waals surface area contributed by atoms with Gasteiger partial charge in [-0.25, -0.2) is 4.79 Å². The molecule has 0 saturated carbocycles. The standard InChI is InChI=1S/C19H19ClN2O4S/c20-14-3-1-12(2-4-14)15-5-6-16(27-15)19(25)26-11-17(23)22-9-7-13(8-10-22)18(21)24/h1-6,13H,7-11H2,(H2,21,24). The van der Waals surface area contributed by atoms with Gasteiger partial charge in [0.15, 0.2) is 6.61 Å². The van der Waals surface area contributed by atoms with E-state index in [0.29, 0.717) is 35.8 Å². The number of primary amides is 1. The monoisotopic (exact) mass is 406 g/mol. The summed E-state index contributed by atoms with van der Waals surface area (Å²) in [5.41, 5.74) is 6.24. The number of amides is 2. The van der Waals surface area contributed by atoms with E-state index in [1.807, 2.05) is 18.2 Å². The third-order valence-electron chi connectivity index (χ3n) is 4.51. The lowest BCUT2D eigenvalue weighted by Gasteiger charge is -2.30. The van der Waals surface area contributed by atoms with Crippen LogP contribution in [-0.2, 0) is 14.3 Å². The number of esters is 1. The van der Waals surface area contributed by atoms with Crippen LogP contribution in [0.1, 0.15) is 22.5 Å². The molecule has 3 rings (SSSR count). The summed E-state index contributed by atoms with van der Waals surface area (Å²) in [6.07, 6.45) is 1.09. The number of carbonyl (C=O) groups is 3. The average Bonchev–Trinajstić information content (AvgIpc) is 3.16. The predicted octanol–water partition coefficient (Wildman–Crippen LogP) is 2.95. The molecule has 0 bridgehead atoms. The average molecular weight is 407 g/mol. The summed E-state index contributed by atoms with van der Waals surface area (Å²) in [5, 5.41) is 0.647. The second kappa shape index (κ2) is 8.54. The molecule has 1 aliphatic rings. The molecule has 1 aromatic heterocycles. The van der Waals surface area contributed by atoms with Crippen molar-refractivity contribution < 1.29 is 19.1 Å². The molecular formula is C19H19ClN2O4S. The van der Waals surface area contributed by atoms with Gasteiger partial charge < -0.3 is 15.4 Å². The summed E-state index contributed by atoms with van der Waals surface area (Å²) >= 11 is 7.18. The number of rotatable bonds is 5. The van der Waals surface area contributed by atoms with Gasteiger partial charge >= 0.3 is 5.97 Å². The van der Waals surface area contributed by atoms with E-state index >= 15 is 0 Å². The highest BCUT2D eigenvalue weighted by molar-refractivity contribution is 7.17. The lowest BCUT2D eigenvalue weighted by Crippen LogP contribution is -2.43. The predicted molar refractivity (Wildman–Crippen MR) is 104 cm³/mol. The van der Waals surface area contributed by atoms with E-state index in [0.717, 1.165) is 10.4 Å². The van der Waals surface area contributed by atoms with Crippen LogP contribution in [0.4, 0.5) is 0 Å². The minimum atomic E-state index is -0.527. The molecule has 1 fully saturated rings. The first-order valence-corrected chi connectivity index (χ1v) is 9.73. The number of thiophene rings is 1. The Morgan fingerprint density at radius 2 is 1.78 bits per heavy atom. The quantitative estimate of drug-likeness (QED) is 0.773. The second-order valence-corrected chi connectivity index (χ2v) is 7.82. The molecule has 2 heterocycles. The molecule has 1 aromatic carbocycles. The van der Waals surface area contributed by atoms with Crippen molar-refractivity contribution in [3.63, 3.8) is 0 Å². The van der Waals surface area contributed by atoms with Gasteiger partial charge in [0.05, 0.1) is 0 Å². The Bertz CT molecular complexity index is 842. The lowest BCUT2D eigenvalue weighted by molar-refractivity contribution is -0.137. The fraction of sp³-hybridized carbons (Fsp3) is 0.316.